The molecule has 112 valence electrons. The molecule has 7 heteroatoms. The fraction of sp³-hybridized carbons (Fsp3) is 0.538. The minimum absolute atomic E-state index is 0.242. The van der Waals surface area contributed by atoms with Crippen LogP contribution in [0.5, 0.6) is 0 Å². The van der Waals surface area contributed by atoms with E-state index < -0.39 is 10.0 Å². The van der Waals surface area contributed by atoms with Crippen LogP contribution >= 0.6 is 11.6 Å². The third-order valence-electron chi connectivity index (χ3n) is 3.28. The third kappa shape index (κ3) is 3.93. The van der Waals surface area contributed by atoms with E-state index in [1.165, 1.54) is 6.07 Å². The second-order valence-electron chi connectivity index (χ2n) is 4.87. The summed E-state index contributed by atoms with van der Waals surface area (Å²) >= 11 is 6.03. The Balaban J connectivity index is 2.09. The van der Waals surface area contributed by atoms with Crippen LogP contribution in [0.4, 0.5) is 0 Å². The van der Waals surface area contributed by atoms with Gasteiger partial charge in [-0.15, -0.1) is 0 Å². The Morgan fingerprint density at radius 2 is 2.25 bits per heavy atom. The maximum atomic E-state index is 12.2. The number of benzene rings is 1. The molecule has 1 aromatic rings. The minimum atomic E-state index is -3.50. The normalized spacial score (nSPS) is 19.4. The highest BCUT2D eigenvalue weighted by Crippen LogP contribution is 2.21. The van der Waals surface area contributed by atoms with Crippen LogP contribution in [-0.2, 0) is 21.3 Å². The molecule has 0 spiro atoms. The van der Waals surface area contributed by atoms with E-state index >= 15 is 0 Å². The van der Waals surface area contributed by atoms with Gasteiger partial charge in [-0.25, -0.2) is 13.1 Å². The van der Waals surface area contributed by atoms with Gasteiger partial charge in [0.15, 0.2) is 0 Å². The van der Waals surface area contributed by atoms with Gasteiger partial charge >= 0.3 is 0 Å². The molecule has 1 aromatic carbocycles. The lowest BCUT2D eigenvalue weighted by Crippen LogP contribution is -2.29. The van der Waals surface area contributed by atoms with Crippen LogP contribution < -0.4 is 10.0 Å². The Morgan fingerprint density at radius 1 is 1.45 bits per heavy atom. The Labute approximate surface area is 124 Å². The molecule has 1 saturated heterocycles. The van der Waals surface area contributed by atoms with E-state index in [-0.39, 0.29) is 10.8 Å². The van der Waals surface area contributed by atoms with Gasteiger partial charge in [0.05, 0.1) is 11.5 Å². The minimum Gasteiger partial charge on any atom is -0.381 e. The second kappa shape index (κ2) is 6.87. The maximum absolute atomic E-state index is 12.2. The number of sulfonamides is 1. The molecule has 0 aliphatic carbocycles. The van der Waals surface area contributed by atoms with E-state index in [9.17, 15) is 8.42 Å². The number of rotatable bonds is 6. The van der Waals surface area contributed by atoms with Crippen molar-refractivity contribution in [1.29, 1.82) is 0 Å². The lowest BCUT2D eigenvalue weighted by Gasteiger charge is -2.12. The molecule has 20 heavy (non-hydrogen) atoms. The summed E-state index contributed by atoms with van der Waals surface area (Å²) in [5.41, 5.74) is 0.765. The Kier molecular flexibility index (Phi) is 5.40. The standard InChI is InChI=1S/C13H19ClN2O3S/c1-15-8-11-6-12(2-3-13(11)14)20(17,18)16-7-10-4-5-19-9-10/h2-3,6,10,15-16H,4-5,7-9H2,1H3. The maximum Gasteiger partial charge on any atom is 0.240 e. The Morgan fingerprint density at radius 3 is 2.90 bits per heavy atom. The first kappa shape index (κ1) is 15.7. The van der Waals surface area contributed by atoms with E-state index in [2.05, 4.69) is 10.0 Å². The molecule has 1 aliphatic rings. The van der Waals surface area contributed by atoms with Crippen molar-refractivity contribution in [3.8, 4) is 0 Å². The molecule has 2 N–H and O–H groups in total. The van der Waals surface area contributed by atoms with Crippen LogP contribution in [0, 0.1) is 5.92 Å². The van der Waals surface area contributed by atoms with Crippen LogP contribution in [0.2, 0.25) is 5.02 Å². The largest absolute Gasteiger partial charge is 0.381 e. The first-order chi connectivity index (χ1) is 9.53. The number of nitrogens with one attached hydrogen (secondary N) is 2. The van der Waals surface area contributed by atoms with Gasteiger partial charge in [0.25, 0.3) is 0 Å². The zero-order valence-corrected chi connectivity index (χ0v) is 12.9. The molecule has 1 aliphatic heterocycles. The first-order valence-corrected chi connectivity index (χ1v) is 8.39. The average molecular weight is 319 g/mol. The van der Waals surface area contributed by atoms with Gasteiger partial charge in [0.2, 0.25) is 10.0 Å². The van der Waals surface area contributed by atoms with Crippen molar-refractivity contribution in [2.75, 3.05) is 26.8 Å². The molecule has 5 nitrogen and oxygen atoms in total. The fourth-order valence-corrected chi connectivity index (χ4v) is 3.45. The lowest BCUT2D eigenvalue weighted by molar-refractivity contribution is 0.186. The molecule has 1 atom stereocenters. The van der Waals surface area contributed by atoms with Crippen LogP contribution in [0.3, 0.4) is 0 Å². The SMILES string of the molecule is CNCc1cc(S(=O)(=O)NCC2CCOC2)ccc1Cl. The predicted molar refractivity (Wildman–Crippen MR) is 78.3 cm³/mol. The van der Waals surface area contributed by atoms with Crippen LogP contribution in [-0.4, -0.2) is 35.2 Å². The molecule has 0 amide bonds. The molecule has 2 rings (SSSR count). The van der Waals surface area contributed by atoms with Gasteiger partial charge < -0.3 is 10.1 Å². The van der Waals surface area contributed by atoms with Crippen molar-refractivity contribution in [3.05, 3.63) is 28.8 Å². The quantitative estimate of drug-likeness (QED) is 0.831. The van der Waals surface area contributed by atoms with E-state index in [0.29, 0.717) is 31.3 Å². The van der Waals surface area contributed by atoms with E-state index in [1.54, 1.807) is 19.2 Å². The molecule has 1 heterocycles. The van der Waals surface area contributed by atoms with Gasteiger partial charge in [-0.3, -0.25) is 0 Å². The van der Waals surface area contributed by atoms with Crippen molar-refractivity contribution in [2.24, 2.45) is 5.92 Å². The van der Waals surface area contributed by atoms with Crippen molar-refractivity contribution in [2.45, 2.75) is 17.9 Å². The van der Waals surface area contributed by atoms with E-state index in [0.717, 1.165) is 12.0 Å². The number of halogens is 1. The summed E-state index contributed by atoms with van der Waals surface area (Å²) in [5, 5.41) is 3.52. The molecule has 1 fully saturated rings. The number of hydrogen-bond donors (Lipinski definition) is 2. The van der Waals surface area contributed by atoms with Crippen molar-refractivity contribution in [1.82, 2.24) is 10.0 Å². The molecular weight excluding hydrogens is 300 g/mol. The summed E-state index contributed by atoms with van der Waals surface area (Å²) in [7, 11) is -1.71. The summed E-state index contributed by atoms with van der Waals surface area (Å²) in [6, 6.07) is 4.74. The van der Waals surface area contributed by atoms with Gasteiger partial charge in [-0.05, 0) is 43.1 Å². The molecule has 0 saturated carbocycles. The number of ether oxygens (including phenoxy) is 1. The highest BCUT2D eigenvalue weighted by Gasteiger charge is 2.20. The Bertz CT molecular complexity index is 557. The van der Waals surface area contributed by atoms with Crippen LogP contribution in [0.1, 0.15) is 12.0 Å². The van der Waals surface area contributed by atoms with Gasteiger partial charge in [0.1, 0.15) is 0 Å². The third-order valence-corrected chi connectivity index (χ3v) is 5.07. The van der Waals surface area contributed by atoms with Crippen molar-refractivity contribution < 1.29 is 13.2 Å². The van der Waals surface area contributed by atoms with Gasteiger partial charge in [-0.2, -0.15) is 0 Å². The highest BCUT2D eigenvalue weighted by atomic mass is 35.5. The monoisotopic (exact) mass is 318 g/mol. The zero-order valence-electron chi connectivity index (χ0n) is 11.4. The smallest absolute Gasteiger partial charge is 0.240 e. The summed E-state index contributed by atoms with van der Waals surface area (Å²) in [6.45, 7) is 2.26. The predicted octanol–water partition coefficient (Wildman–Crippen LogP) is 1.37. The topological polar surface area (TPSA) is 67.4 Å². The van der Waals surface area contributed by atoms with Gasteiger partial charge in [0, 0.05) is 24.7 Å². The second-order valence-corrected chi connectivity index (χ2v) is 7.04. The summed E-state index contributed by atoms with van der Waals surface area (Å²) in [6.07, 6.45) is 0.897. The molecular formula is C13H19ClN2O3S. The summed E-state index contributed by atoms with van der Waals surface area (Å²) in [4.78, 5) is 0.242. The molecule has 0 aromatic heterocycles. The van der Waals surface area contributed by atoms with Crippen LogP contribution in [0.15, 0.2) is 23.1 Å². The van der Waals surface area contributed by atoms with Crippen molar-refractivity contribution in [3.63, 3.8) is 0 Å². The van der Waals surface area contributed by atoms with E-state index in [4.69, 9.17) is 16.3 Å². The molecule has 1 unspecified atom stereocenters. The lowest BCUT2D eigenvalue weighted by atomic mass is 10.1. The van der Waals surface area contributed by atoms with Crippen LogP contribution in [0.25, 0.3) is 0 Å². The molecule has 0 bridgehead atoms. The Hall–Kier alpha value is -0.660. The summed E-state index contributed by atoms with van der Waals surface area (Å²) < 4.78 is 32.4. The number of hydrogen-bond acceptors (Lipinski definition) is 4. The highest BCUT2D eigenvalue weighted by molar-refractivity contribution is 7.89. The summed E-state index contributed by atoms with van der Waals surface area (Å²) in [5.74, 6) is 0.258. The fourth-order valence-electron chi connectivity index (χ4n) is 2.10. The van der Waals surface area contributed by atoms with E-state index in [1.807, 2.05) is 0 Å². The average Bonchev–Trinajstić information content (AvgIpc) is 2.92. The van der Waals surface area contributed by atoms with Gasteiger partial charge in [-0.1, -0.05) is 11.6 Å². The molecule has 0 radical (unpaired) electrons. The zero-order chi connectivity index (χ0) is 14.6. The van der Waals surface area contributed by atoms with Crippen molar-refractivity contribution >= 4 is 21.6 Å². The first-order valence-electron chi connectivity index (χ1n) is 6.53.